The second kappa shape index (κ2) is 3.18. The molecule has 1 N–H and O–H groups in total. The van der Waals surface area contributed by atoms with Crippen molar-refractivity contribution >= 4 is 28.5 Å². The van der Waals surface area contributed by atoms with Crippen LogP contribution in [0.3, 0.4) is 0 Å². The summed E-state index contributed by atoms with van der Waals surface area (Å²) in [6, 6.07) is 0.511. The number of rotatable bonds is 0. The summed E-state index contributed by atoms with van der Waals surface area (Å²) >= 11 is 2.15. The Hall–Kier alpha value is -0.630. The minimum Gasteiger partial charge on any atom is -0.344 e. The molecule has 0 aromatic carbocycles. The number of aromatic nitrogens is 2. The standard InChI is InChI=1S/C9H11IN4O/c1-13-3-6-7(4-13)14-8(9(15)12-6)5(10)2-11-14/h2,6-7H,3-4H2,1H3,(H,12,15)/t6-,7-/m0/s1. The summed E-state index contributed by atoms with van der Waals surface area (Å²) < 4.78 is 2.81. The number of hydrogen-bond acceptors (Lipinski definition) is 3. The number of halogens is 1. The fourth-order valence-electron chi connectivity index (χ4n) is 2.41. The maximum absolute atomic E-state index is 11.8. The van der Waals surface area contributed by atoms with Crippen LogP contribution in [0.5, 0.6) is 0 Å². The van der Waals surface area contributed by atoms with E-state index in [4.69, 9.17) is 0 Å². The van der Waals surface area contributed by atoms with Gasteiger partial charge in [-0.05, 0) is 29.6 Å². The second-order valence-electron chi connectivity index (χ2n) is 4.15. The van der Waals surface area contributed by atoms with Gasteiger partial charge in [0, 0.05) is 13.1 Å². The van der Waals surface area contributed by atoms with Crippen molar-refractivity contribution in [2.24, 2.45) is 0 Å². The highest BCUT2D eigenvalue weighted by atomic mass is 127. The van der Waals surface area contributed by atoms with E-state index in [9.17, 15) is 4.79 Å². The minimum absolute atomic E-state index is 0.00782. The van der Waals surface area contributed by atoms with Crippen LogP contribution < -0.4 is 5.32 Å². The predicted octanol–water partition coefficient (Wildman–Crippen LogP) is 0.0862. The Labute approximate surface area is 101 Å². The summed E-state index contributed by atoms with van der Waals surface area (Å²) in [4.78, 5) is 14.0. The third-order valence-corrected chi connectivity index (χ3v) is 3.86. The van der Waals surface area contributed by atoms with E-state index in [0.717, 1.165) is 16.7 Å². The molecule has 0 saturated carbocycles. The van der Waals surface area contributed by atoms with Gasteiger partial charge in [0.05, 0.1) is 21.9 Å². The third kappa shape index (κ3) is 1.31. The van der Waals surface area contributed by atoms with Crippen molar-refractivity contribution in [3.63, 3.8) is 0 Å². The van der Waals surface area contributed by atoms with Gasteiger partial charge in [-0.3, -0.25) is 9.48 Å². The molecule has 0 aliphatic carbocycles. The van der Waals surface area contributed by atoms with E-state index in [2.05, 4.69) is 45.0 Å². The molecule has 0 radical (unpaired) electrons. The highest BCUT2D eigenvalue weighted by Crippen LogP contribution is 2.28. The van der Waals surface area contributed by atoms with Gasteiger partial charge in [-0.25, -0.2) is 0 Å². The van der Waals surface area contributed by atoms with Gasteiger partial charge in [0.25, 0.3) is 5.91 Å². The molecular formula is C9H11IN4O. The third-order valence-electron chi connectivity index (χ3n) is 3.07. The molecule has 1 aromatic heterocycles. The fourth-order valence-corrected chi connectivity index (χ4v) is 3.03. The quantitative estimate of drug-likeness (QED) is 0.690. The molecule has 1 fully saturated rings. The molecule has 0 bridgehead atoms. The maximum Gasteiger partial charge on any atom is 0.271 e. The van der Waals surface area contributed by atoms with Gasteiger partial charge in [0.15, 0.2) is 0 Å². The Morgan fingerprint density at radius 2 is 2.40 bits per heavy atom. The average molecular weight is 318 g/mol. The number of hydrogen-bond donors (Lipinski definition) is 1. The van der Waals surface area contributed by atoms with Crippen molar-refractivity contribution in [1.29, 1.82) is 0 Å². The zero-order valence-electron chi connectivity index (χ0n) is 8.27. The molecule has 1 amide bonds. The Morgan fingerprint density at radius 3 is 3.20 bits per heavy atom. The van der Waals surface area contributed by atoms with Gasteiger partial charge in [0.1, 0.15) is 5.69 Å². The summed E-state index contributed by atoms with van der Waals surface area (Å²) in [5.41, 5.74) is 0.715. The Morgan fingerprint density at radius 1 is 1.60 bits per heavy atom. The Balaban J connectivity index is 2.09. The van der Waals surface area contributed by atoms with Gasteiger partial charge in [0.2, 0.25) is 0 Å². The molecule has 2 atom stereocenters. The van der Waals surface area contributed by atoms with Crippen molar-refractivity contribution in [3.8, 4) is 0 Å². The Kier molecular flexibility index (Phi) is 2.03. The van der Waals surface area contributed by atoms with Crippen LogP contribution in [0.25, 0.3) is 0 Å². The van der Waals surface area contributed by atoms with Crippen LogP contribution in [0.4, 0.5) is 0 Å². The molecule has 3 rings (SSSR count). The monoisotopic (exact) mass is 318 g/mol. The van der Waals surface area contributed by atoms with Gasteiger partial charge < -0.3 is 10.2 Å². The molecule has 1 aromatic rings. The first kappa shape index (κ1) is 9.59. The van der Waals surface area contributed by atoms with Gasteiger partial charge in [-0.2, -0.15) is 5.10 Å². The molecule has 3 heterocycles. The van der Waals surface area contributed by atoms with E-state index < -0.39 is 0 Å². The molecule has 0 unspecified atom stereocenters. The second-order valence-corrected chi connectivity index (χ2v) is 5.32. The van der Waals surface area contributed by atoms with Crippen molar-refractivity contribution < 1.29 is 4.79 Å². The van der Waals surface area contributed by atoms with Crippen molar-refractivity contribution in [3.05, 3.63) is 15.5 Å². The number of nitrogens with zero attached hydrogens (tertiary/aromatic N) is 3. The van der Waals surface area contributed by atoms with Crippen LogP contribution in [0.1, 0.15) is 16.5 Å². The number of amides is 1. The SMILES string of the molecule is CN1C[C@@H]2NC(=O)c3c(I)cnn3[C@H]2C1. The first-order chi connectivity index (χ1) is 7.16. The van der Waals surface area contributed by atoms with Gasteiger partial charge in [-0.15, -0.1) is 0 Å². The van der Waals surface area contributed by atoms with E-state index in [1.165, 1.54) is 0 Å². The number of carbonyl (C=O) groups is 1. The lowest BCUT2D eigenvalue weighted by Crippen LogP contribution is -2.47. The van der Waals surface area contributed by atoms with Crippen LogP contribution in [0, 0.1) is 3.57 Å². The van der Waals surface area contributed by atoms with Crippen molar-refractivity contribution in [2.45, 2.75) is 12.1 Å². The topological polar surface area (TPSA) is 50.2 Å². The molecule has 1 saturated heterocycles. The van der Waals surface area contributed by atoms with E-state index >= 15 is 0 Å². The molecule has 6 heteroatoms. The summed E-state index contributed by atoms with van der Waals surface area (Å²) in [6.45, 7) is 1.86. The molecule has 5 nitrogen and oxygen atoms in total. The lowest BCUT2D eigenvalue weighted by molar-refractivity contribution is 0.0887. The molecule has 2 aliphatic heterocycles. The molecular weight excluding hydrogens is 307 g/mol. The number of carbonyl (C=O) groups excluding carboxylic acids is 1. The number of likely N-dealkylation sites (N-methyl/N-ethyl adjacent to an activating group) is 1. The highest BCUT2D eigenvalue weighted by molar-refractivity contribution is 14.1. The normalized spacial score (nSPS) is 29.9. The van der Waals surface area contributed by atoms with Crippen LogP contribution in [0.15, 0.2) is 6.20 Å². The predicted molar refractivity (Wildman–Crippen MR) is 62.7 cm³/mol. The lowest BCUT2D eigenvalue weighted by Gasteiger charge is -2.27. The lowest BCUT2D eigenvalue weighted by atomic mass is 10.1. The first-order valence-electron chi connectivity index (χ1n) is 4.89. The smallest absolute Gasteiger partial charge is 0.271 e. The van der Waals surface area contributed by atoms with E-state index in [-0.39, 0.29) is 11.9 Å². The zero-order valence-corrected chi connectivity index (χ0v) is 10.4. The Bertz CT molecular complexity index is 430. The summed E-state index contributed by atoms with van der Waals surface area (Å²) in [7, 11) is 2.07. The first-order valence-corrected chi connectivity index (χ1v) is 5.97. The van der Waals surface area contributed by atoms with E-state index in [0.29, 0.717) is 11.7 Å². The van der Waals surface area contributed by atoms with Gasteiger partial charge in [-0.1, -0.05) is 0 Å². The summed E-state index contributed by atoms with van der Waals surface area (Å²) in [5, 5.41) is 7.35. The van der Waals surface area contributed by atoms with Crippen LogP contribution in [-0.2, 0) is 0 Å². The number of nitrogens with one attached hydrogen (secondary N) is 1. The average Bonchev–Trinajstić information content (AvgIpc) is 2.69. The van der Waals surface area contributed by atoms with Crippen molar-refractivity contribution in [1.82, 2.24) is 20.0 Å². The minimum atomic E-state index is 0.00782. The fraction of sp³-hybridized carbons (Fsp3) is 0.556. The summed E-state index contributed by atoms with van der Waals surface area (Å²) in [6.07, 6.45) is 1.76. The van der Waals surface area contributed by atoms with Crippen LogP contribution in [0.2, 0.25) is 0 Å². The van der Waals surface area contributed by atoms with Crippen LogP contribution >= 0.6 is 22.6 Å². The largest absolute Gasteiger partial charge is 0.344 e. The zero-order chi connectivity index (χ0) is 10.6. The molecule has 0 spiro atoms. The number of likely N-dealkylation sites (tertiary alicyclic amines) is 1. The van der Waals surface area contributed by atoms with Gasteiger partial charge >= 0.3 is 0 Å². The van der Waals surface area contributed by atoms with Crippen molar-refractivity contribution in [2.75, 3.05) is 20.1 Å². The summed E-state index contributed by atoms with van der Waals surface area (Å²) in [5.74, 6) is 0.00782. The maximum atomic E-state index is 11.8. The highest BCUT2D eigenvalue weighted by Gasteiger charge is 2.40. The van der Waals surface area contributed by atoms with E-state index in [1.54, 1.807) is 6.20 Å². The molecule has 2 aliphatic rings. The molecule has 15 heavy (non-hydrogen) atoms. The molecule has 80 valence electrons. The van der Waals surface area contributed by atoms with Crippen LogP contribution in [-0.4, -0.2) is 46.8 Å². The number of fused-ring (bicyclic) bond motifs is 3. The van der Waals surface area contributed by atoms with E-state index in [1.807, 2.05) is 4.68 Å².